The van der Waals surface area contributed by atoms with Crippen molar-refractivity contribution in [2.24, 2.45) is 11.5 Å². The minimum absolute atomic E-state index is 0.00295. The Hall–Kier alpha value is -5.59. The lowest BCUT2D eigenvalue weighted by atomic mass is 10.0. The average Bonchev–Trinajstić information content (AvgIpc) is 3.11. The number of aliphatic carboxylic acids is 2. The number of amides is 5. The molecule has 0 aliphatic heterocycles. The normalized spacial score (nSPS) is 14.3. The topological polar surface area (TPSA) is 313 Å². The molecule has 2 aromatic carbocycles. The number of aliphatic hydroxyl groups excluding tert-OH is 1. The fraction of sp³-hybridized carbons (Fsp3) is 0.457. The van der Waals surface area contributed by atoms with Gasteiger partial charge in [0, 0.05) is 19.3 Å². The highest BCUT2D eigenvalue weighted by atomic mass is 16.4. The summed E-state index contributed by atoms with van der Waals surface area (Å²) in [6.45, 7) is 0.810. The maximum absolute atomic E-state index is 13.7. The van der Waals surface area contributed by atoms with Gasteiger partial charge >= 0.3 is 11.9 Å². The molecule has 18 heteroatoms. The zero-order valence-corrected chi connectivity index (χ0v) is 29.3. The Morgan fingerprint density at radius 1 is 0.698 bits per heavy atom. The van der Waals surface area contributed by atoms with Gasteiger partial charge in [0.2, 0.25) is 29.5 Å². The van der Waals surface area contributed by atoms with Crippen LogP contribution >= 0.6 is 0 Å². The van der Waals surface area contributed by atoms with Crippen molar-refractivity contribution in [2.45, 2.75) is 88.2 Å². The highest BCUT2D eigenvalue weighted by Crippen LogP contribution is 2.12. The van der Waals surface area contributed by atoms with Gasteiger partial charge in [-0.1, -0.05) is 42.5 Å². The first-order valence-corrected chi connectivity index (χ1v) is 17.0. The molecule has 0 aromatic heterocycles. The summed E-state index contributed by atoms with van der Waals surface area (Å²) >= 11 is 0. The second-order valence-corrected chi connectivity index (χ2v) is 12.4. The lowest BCUT2D eigenvalue weighted by Crippen LogP contribution is -2.58. The molecule has 0 radical (unpaired) electrons. The number of nitrogens with one attached hydrogen (secondary N) is 5. The Morgan fingerprint density at radius 3 is 1.83 bits per heavy atom. The van der Waals surface area contributed by atoms with E-state index in [1.54, 1.807) is 30.3 Å². The minimum atomic E-state index is -1.66. The van der Waals surface area contributed by atoms with E-state index >= 15 is 0 Å². The number of carbonyl (C=O) groups excluding carboxylic acids is 5. The third kappa shape index (κ3) is 16.1. The molecule has 18 nitrogen and oxygen atoms in total. The third-order valence-electron chi connectivity index (χ3n) is 8.00. The zero-order valence-electron chi connectivity index (χ0n) is 29.3. The van der Waals surface area contributed by atoms with E-state index < -0.39 is 84.3 Å². The largest absolute Gasteiger partial charge is 0.508 e. The number of carboxylic acid groups (broad SMARTS) is 2. The predicted molar refractivity (Wildman–Crippen MR) is 190 cm³/mol. The minimum Gasteiger partial charge on any atom is -0.508 e. The van der Waals surface area contributed by atoms with E-state index in [2.05, 4.69) is 26.6 Å². The molecule has 5 amide bonds. The van der Waals surface area contributed by atoms with Gasteiger partial charge in [-0.05, 0) is 62.4 Å². The van der Waals surface area contributed by atoms with Crippen molar-refractivity contribution in [3.05, 3.63) is 65.7 Å². The van der Waals surface area contributed by atoms with E-state index in [-0.39, 0.29) is 44.4 Å². The Bertz CT molecular complexity index is 1540. The molecule has 0 unspecified atom stereocenters. The van der Waals surface area contributed by atoms with Crippen LogP contribution in [-0.2, 0) is 46.4 Å². The van der Waals surface area contributed by atoms with Crippen LogP contribution in [0.25, 0.3) is 0 Å². The van der Waals surface area contributed by atoms with Crippen LogP contribution in [0.5, 0.6) is 5.75 Å². The number of hydrogen-bond donors (Lipinski definition) is 11. The molecule has 13 N–H and O–H groups in total. The first-order valence-electron chi connectivity index (χ1n) is 17.0. The van der Waals surface area contributed by atoms with Crippen LogP contribution in [0.4, 0.5) is 0 Å². The molecule has 2 rings (SSSR count). The SMILES string of the molecule is C[C@@H](O)[C@H](NC(=O)[C@H](CCCCN)NC(=O)[C@H](Cc1ccc(O)cc1)NC(=O)CNC(=O)[C@H](Cc1ccccc1)NC(=O)[C@@H](N)CCC(=O)O)C(=O)O. The van der Waals surface area contributed by atoms with Crippen LogP contribution in [-0.4, -0.2) is 111 Å². The summed E-state index contributed by atoms with van der Waals surface area (Å²) in [5, 5.41) is 50.1. The molecule has 0 bridgehead atoms. The van der Waals surface area contributed by atoms with Crippen molar-refractivity contribution >= 4 is 41.5 Å². The van der Waals surface area contributed by atoms with Crippen LogP contribution in [0.1, 0.15) is 50.2 Å². The van der Waals surface area contributed by atoms with E-state index in [1.165, 1.54) is 31.2 Å². The van der Waals surface area contributed by atoms with Crippen molar-refractivity contribution in [2.75, 3.05) is 13.1 Å². The smallest absolute Gasteiger partial charge is 0.328 e. The van der Waals surface area contributed by atoms with Crippen molar-refractivity contribution < 1.29 is 54.0 Å². The quantitative estimate of drug-likeness (QED) is 0.0551. The monoisotopic (exact) mass is 743 g/mol. The molecule has 0 spiro atoms. The fourth-order valence-corrected chi connectivity index (χ4v) is 5.04. The molecule has 0 heterocycles. The summed E-state index contributed by atoms with van der Waals surface area (Å²) in [5.41, 5.74) is 12.6. The van der Waals surface area contributed by atoms with Crippen LogP contribution in [0.15, 0.2) is 54.6 Å². The number of carbonyl (C=O) groups is 7. The summed E-state index contributed by atoms with van der Waals surface area (Å²) in [7, 11) is 0. The highest BCUT2D eigenvalue weighted by Gasteiger charge is 2.32. The van der Waals surface area contributed by atoms with Crippen LogP contribution in [0, 0.1) is 0 Å². The number of unbranched alkanes of at least 4 members (excludes halogenated alkanes) is 1. The van der Waals surface area contributed by atoms with E-state index in [4.69, 9.17) is 16.6 Å². The number of phenolic OH excluding ortho intramolecular Hbond substituents is 1. The Morgan fingerprint density at radius 2 is 1.26 bits per heavy atom. The van der Waals surface area contributed by atoms with Gasteiger partial charge in [-0.3, -0.25) is 28.8 Å². The van der Waals surface area contributed by atoms with E-state index in [0.29, 0.717) is 24.0 Å². The van der Waals surface area contributed by atoms with Gasteiger partial charge in [0.1, 0.15) is 23.9 Å². The van der Waals surface area contributed by atoms with Crippen LogP contribution in [0.2, 0.25) is 0 Å². The van der Waals surface area contributed by atoms with Crippen molar-refractivity contribution in [3.8, 4) is 5.75 Å². The number of carboxylic acids is 2. The maximum atomic E-state index is 13.7. The van der Waals surface area contributed by atoms with Gasteiger partial charge < -0.3 is 58.5 Å². The van der Waals surface area contributed by atoms with Crippen molar-refractivity contribution in [3.63, 3.8) is 0 Å². The number of aromatic hydroxyl groups is 1. The lowest BCUT2D eigenvalue weighted by Gasteiger charge is -2.25. The van der Waals surface area contributed by atoms with Gasteiger partial charge in [0.15, 0.2) is 6.04 Å². The van der Waals surface area contributed by atoms with Gasteiger partial charge in [0.25, 0.3) is 0 Å². The molecule has 6 atom stereocenters. The molecule has 0 aliphatic rings. The standard InChI is InChI=1S/C35H49N7O11/c1-20(43)30(35(52)53)42-33(50)25(9-5-6-16-36)40-34(51)27(18-22-10-12-23(44)13-11-22)39-28(45)19-38-32(49)26(17-21-7-3-2-4-8-21)41-31(48)24(37)14-15-29(46)47/h2-4,7-8,10-13,20,24-27,30,43-44H,5-6,9,14-19,36-37H2,1H3,(H,38,49)(H,39,45)(H,40,51)(H,41,48)(H,42,50)(H,46,47)(H,52,53)/t20-,24+,25+,26+,27+,30+/m1/s1. The Kier molecular flexibility index (Phi) is 18.4. The van der Waals surface area contributed by atoms with Crippen molar-refractivity contribution in [1.29, 1.82) is 0 Å². The van der Waals surface area contributed by atoms with Crippen molar-refractivity contribution in [1.82, 2.24) is 26.6 Å². The first kappa shape index (κ1) is 43.6. The van der Waals surface area contributed by atoms with Crippen LogP contribution < -0.4 is 38.1 Å². The zero-order chi connectivity index (χ0) is 39.5. The number of hydrogen-bond acceptors (Lipinski definition) is 11. The molecular weight excluding hydrogens is 694 g/mol. The predicted octanol–water partition coefficient (Wildman–Crippen LogP) is -1.98. The summed E-state index contributed by atoms with van der Waals surface area (Å²) in [6.07, 6.45) is -1.23. The Labute approximate surface area is 306 Å². The highest BCUT2D eigenvalue weighted by molar-refractivity contribution is 5.95. The molecule has 0 aliphatic carbocycles. The maximum Gasteiger partial charge on any atom is 0.328 e. The number of nitrogens with two attached hydrogens (primary N) is 2. The number of phenols is 1. The van der Waals surface area contributed by atoms with Gasteiger partial charge in [0.05, 0.1) is 18.7 Å². The van der Waals surface area contributed by atoms with E-state index in [9.17, 15) is 48.9 Å². The fourth-order valence-electron chi connectivity index (χ4n) is 5.04. The second-order valence-electron chi connectivity index (χ2n) is 12.4. The second kappa shape index (κ2) is 22.4. The Balaban J connectivity index is 2.24. The summed E-state index contributed by atoms with van der Waals surface area (Å²) in [4.78, 5) is 88.5. The third-order valence-corrected chi connectivity index (χ3v) is 8.00. The number of benzene rings is 2. The van der Waals surface area contributed by atoms with Gasteiger partial charge in [-0.15, -0.1) is 0 Å². The lowest BCUT2D eigenvalue weighted by molar-refractivity contribution is -0.145. The molecule has 53 heavy (non-hydrogen) atoms. The first-order chi connectivity index (χ1) is 25.1. The number of rotatable bonds is 23. The van der Waals surface area contributed by atoms with E-state index in [0.717, 1.165) is 0 Å². The summed E-state index contributed by atoms with van der Waals surface area (Å²) in [5.74, 6) is -6.79. The van der Waals surface area contributed by atoms with Crippen LogP contribution in [0.3, 0.4) is 0 Å². The molecular formula is C35H49N7O11. The average molecular weight is 744 g/mol. The molecule has 0 saturated carbocycles. The van der Waals surface area contributed by atoms with E-state index in [1.807, 2.05) is 0 Å². The van der Waals surface area contributed by atoms with Gasteiger partial charge in [-0.25, -0.2) is 4.79 Å². The summed E-state index contributed by atoms with van der Waals surface area (Å²) in [6, 6.07) is 7.66. The molecule has 2 aromatic rings. The molecule has 0 saturated heterocycles. The van der Waals surface area contributed by atoms with Gasteiger partial charge in [-0.2, -0.15) is 0 Å². The summed E-state index contributed by atoms with van der Waals surface area (Å²) < 4.78 is 0. The molecule has 0 fully saturated rings. The molecule has 290 valence electrons. The number of aliphatic hydroxyl groups is 1.